The molecule has 0 spiro atoms. The summed E-state index contributed by atoms with van der Waals surface area (Å²) < 4.78 is 24.8. The summed E-state index contributed by atoms with van der Waals surface area (Å²) in [5.41, 5.74) is -1.14. The Morgan fingerprint density at radius 1 is 1.23 bits per heavy atom. The maximum Gasteiger partial charge on any atom is 0.332 e. The number of anilines is 1. The predicted octanol–water partition coefficient (Wildman–Crippen LogP) is 2.67. The average molecular weight is 426 g/mol. The van der Waals surface area contributed by atoms with Crippen LogP contribution in [-0.2, 0) is 19.1 Å². The molecule has 3 aliphatic heterocycles. The van der Waals surface area contributed by atoms with Gasteiger partial charge in [0.25, 0.3) is 5.91 Å². The molecule has 4 aliphatic rings. The lowest BCUT2D eigenvalue weighted by Gasteiger charge is -2.42. The summed E-state index contributed by atoms with van der Waals surface area (Å²) >= 11 is 0. The van der Waals surface area contributed by atoms with Crippen LogP contribution in [0.25, 0.3) is 0 Å². The number of nitrogens with zero attached hydrogens (tertiary/aromatic N) is 2. The molecule has 0 saturated carbocycles. The zero-order chi connectivity index (χ0) is 21.9. The van der Waals surface area contributed by atoms with Crippen LogP contribution in [0.2, 0.25) is 0 Å². The molecular weight excluding hydrogens is 403 g/mol. The molecule has 5 rings (SSSR count). The Hall–Kier alpha value is -3.00. The highest BCUT2D eigenvalue weighted by molar-refractivity contribution is 6.24. The number of hydrogen-bond donors (Lipinski definition) is 0. The average Bonchev–Trinajstić information content (AvgIpc) is 3.14. The van der Waals surface area contributed by atoms with E-state index in [1.807, 2.05) is 24.3 Å². The molecule has 0 radical (unpaired) electrons. The van der Waals surface area contributed by atoms with Gasteiger partial charge in [-0.15, -0.1) is 0 Å². The van der Waals surface area contributed by atoms with E-state index in [2.05, 4.69) is 0 Å². The number of amides is 3. The van der Waals surface area contributed by atoms with Crippen LogP contribution in [0.3, 0.4) is 0 Å². The van der Waals surface area contributed by atoms with Gasteiger partial charge in [0.2, 0.25) is 0 Å². The van der Waals surface area contributed by atoms with E-state index in [0.29, 0.717) is 0 Å². The number of carbonyl (C=O) groups excluding carboxylic acids is 3. The minimum atomic E-state index is -1.42. The first-order chi connectivity index (χ1) is 14.9. The zero-order valence-electron chi connectivity index (χ0n) is 17.2. The molecule has 0 aromatic heterocycles. The molecular formula is C23H23FN2O5. The lowest BCUT2D eigenvalue weighted by Crippen LogP contribution is -2.53. The van der Waals surface area contributed by atoms with Gasteiger partial charge < -0.3 is 14.4 Å². The number of imide groups is 1. The lowest BCUT2D eigenvalue weighted by atomic mass is 9.74. The number of ether oxygens (including phenoxy) is 2. The summed E-state index contributed by atoms with van der Waals surface area (Å²) in [6.45, 7) is 3.76. The van der Waals surface area contributed by atoms with Crippen LogP contribution in [-0.4, -0.2) is 53.7 Å². The summed E-state index contributed by atoms with van der Waals surface area (Å²) in [7, 11) is 0. The molecule has 6 atom stereocenters. The number of benzene rings is 1. The number of urea groups is 1. The van der Waals surface area contributed by atoms with Crippen molar-refractivity contribution in [2.24, 2.45) is 17.8 Å². The molecule has 3 saturated heterocycles. The predicted molar refractivity (Wildman–Crippen MR) is 108 cm³/mol. The van der Waals surface area contributed by atoms with Gasteiger partial charge in [0, 0.05) is 17.9 Å². The molecule has 0 N–H and O–H groups in total. The van der Waals surface area contributed by atoms with Crippen LogP contribution in [0.1, 0.15) is 13.8 Å². The molecule has 3 fully saturated rings. The summed E-state index contributed by atoms with van der Waals surface area (Å²) in [5.74, 6) is -2.91. The van der Waals surface area contributed by atoms with E-state index in [1.54, 1.807) is 18.7 Å². The topological polar surface area (TPSA) is 76.2 Å². The first-order valence-electron chi connectivity index (χ1n) is 10.5. The monoisotopic (exact) mass is 426 g/mol. The van der Waals surface area contributed by atoms with E-state index in [9.17, 15) is 18.8 Å². The molecule has 1 aromatic carbocycles. The van der Waals surface area contributed by atoms with Gasteiger partial charge in [0.1, 0.15) is 11.4 Å². The van der Waals surface area contributed by atoms with Crippen LogP contribution >= 0.6 is 0 Å². The molecule has 31 heavy (non-hydrogen) atoms. The van der Waals surface area contributed by atoms with Crippen LogP contribution in [0.5, 0.6) is 0 Å². The molecule has 8 heteroatoms. The zero-order valence-corrected chi connectivity index (χ0v) is 17.2. The number of fused-ring (bicyclic) bond motifs is 5. The molecule has 3 amide bonds. The van der Waals surface area contributed by atoms with Crippen molar-refractivity contribution in [1.82, 2.24) is 4.90 Å². The normalized spacial score (nSPS) is 35.8. The van der Waals surface area contributed by atoms with E-state index in [-0.39, 0.29) is 36.8 Å². The van der Waals surface area contributed by atoms with Gasteiger partial charge >= 0.3 is 12.0 Å². The number of hydrogen-bond acceptors (Lipinski definition) is 5. The van der Waals surface area contributed by atoms with E-state index in [1.165, 1.54) is 24.3 Å². The van der Waals surface area contributed by atoms with Crippen molar-refractivity contribution in [3.8, 4) is 0 Å². The van der Waals surface area contributed by atoms with Crippen LogP contribution < -0.4 is 4.90 Å². The van der Waals surface area contributed by atoms with E-state index >= 15 is 0 Å². The van der Waals surface area contributed by atoms with Gasteiger partial charge in [0.05, 0.1) is 30.9 Å². The van der Waals surface area contributed by atoms with Gasteiger partial charge in [0.15, 0.2) is 0 Å². The first-order valence-corrected chi connectivity index (χ1v) is 10.5. The third-order valence-corrected chi connectivity index (χ3v) is 6.93. The maximum atomic E-state index is 13.7. The number of esters is 1. The largest absolute Gasteiger partial charge is 0.466 e. The third-order valence-electron chi connectivity index (χ3n) is 6.93. The van der Waals surface area contributed by atoms with Gasteiger partial charge in [-0.2, -0.15) is 0 Å². The van der Waals surface area contributed by atoms with Crippen molar-refractivity contribution in [2.45, 2.75) is 31.5 Å². The fourth-order valence-electron chi connectivity index (χ4n) is 5.66. The van der Waals surface area contributed by atoms with Crippen molar-refractivity contribution in [2.75, 3.05) is 18.1 Å². The standard InChI is InChI=1S/C23H23FN2O5/c1-3-30-20(27)18-16-12-31-17-7-5-4-6-15(17)19(16)26-22(29)25(21(28)23(18,26)2)14-10-8-13(24)9-11-14/h4-11,15-19H,3,12H2,1-2H3/t15?,16-,17?,18+,19+,23-/m1/s1. The van der Waals surface area contributed by atoms with Crippen LogP contribution in [0, 0.1) is 23.6 Å². The number of halogens is 1. The van der Waals surface area contributed by atoms with Crippen molar-refractivity contribution >= 4 is 23.6 Å². The smallest absolute Gasteiger partial charge is 0.332 e. The summed E-state index contributed by atoms with van der Waals surface area (Å²) in [6.07, 6.45) is 7.44. The van der Waals surface area contributed by atoms with Crippen molar-refractivity contribution in [3.05, 3.63) is 54.4 Å². The Kier molecular flexibility index (Phi) is 4.51. The van der Waals surface area contributed by atoms with E-state index in [0.717, 1.165) is 4.90 Å². The van der Waals surface area contributed by atoms with Crippen molar-refractivity contribution in [1.29, 1.82) is 0 Å². The second kappa shape index (κ2) is 7.02. The Morgan fingerprint density at radius 2 is 1.94 bits per heavy atom. The number of allylic oxidation sites excluding steroid dienone is 2. The SMILES string of the molecule is CCOC(=O)[C@@H]1[C@H]2COC3C=CC=CC3[C@@H]2N2C(=O)N(c3ccc(F)cc3)C(=O)[C@@]12C. The molecule has 3 heterocycles. The molecule has 1 aromatic rings. The molecule has 2 unspecified atom stereocenters. The second-order valence-electron chi connectivity index (χ2n) is 8.45. The fraction of sp³-hybridized carbons (Fsp3) is 0.435. The van der Waals surface area contributed by atoms with Crippen molar-refractivity contribution in [3.63, 3.8) is 0 Å². The summed E-state index contributed by atoms with van der Waals surface area (Å²) in [6, 6.07) is 4.28. The van der Waals surface area contributed by atoms with E-state index < -0.39 is 41.2 Å². The summed E-state index contributed by atoms with van der Waals surface area (Å²) in [5, 5.41) is 0. The van der Waals surface area contributed by atoms with Gasteiger partial charge in [-0.1, -0.05) is 24.3 Å². The molecule has 1 aliphatic carbocycles. The quantitative estimate of drug-likeness (QED) is 0.549. The number of rotatable bonds is 3. The molecule has 7 nitrogen and oxygen atoms in total. The first kappa shape index (κ1) is 19.9. The van der Waals surface area contributed by atoms with Gasteiger partial charge in [-0.3, -0.25) is 9.59 Å². The Labute approximate surface area is 179 Å². The minimum absolute atomic E-state index is 0.169. The number of carbonyl (C=O) groups is 3. The Bertz CT molecular complexity index is 1010. The Morgan fingerprint density at radius 3 is 2.65 bits per heavy atom. The highest BCUT2D eigenvalue weighted by atomic mass is 19.1. The van der Waals surface area contributed by atoms with Crippen molar-refractivity contribution < 1.29 is 28.2 Å². The molecule has 0 bridgehead atoms. The Balaban J connectivity index is 1.63. The highest BCUT2D eigenvalue weighted by Gasteiger charge is 2.73. The molecule has 162 valence electrons. The summed E-state index contributed by atoms with van der Waals surface area (Å²) in [4.78, 5) is 43.0. The van der Waals surface area contributed by atoms with Gasteiger partial charge in [-0.05, 0) is 38.1 Å². The van der Waals surface area contributed by atoms with E-state index in [4.69, 9.17) is 9.47 Å². The van der Waals surface area contributed by atoms with Crippen LogP contribution in [0.4, 0.5) is 14.9 Å². The van der Waals surface area contributed by atoms with Crippen LogP contribution in [0.15, 0.2) is 48.6 Å². The minimum Gasteiger partial charge on any atom is -0.466 e. The fourth-order valence-corrected chi connectivity index (χ4v) is 5.66. The maximum absolute atomic E-state index is 13.7. The van der Waals surface area contributed by atoms with Gasteiger partial charge in [-0.25, -0.2) is 14.1 Å². The highest BCUT2D eigenvalue weighted by Crippen LogP contribution is 2.54. The third kappa shape index (κ3) is 2.64. The lowest BCUT2D eigenvalue weighted by molar-refractivity contribution is -0.156. The second-order valence-corrected chi connectivity index (χ2v) is 8.45.